The van der Waals surface area contributed by atoms with Crippen molar-refractivity contribution in [3.8, 4) is 0 Å². The molecule has 0 aromatic carbocycles. The summed E-state index contributed by atoms with van der Waals surface area (Å²) in [5, 5.41) is 5.47. The van der Waals surface area contributed by atoms with Gasteiger partial charge >= 0.3 is 0 Å². The zero-order valence-electron chi connectivity index (χ0n) is 11.0. The lowest BCUT2D eigenvalue weighted by molar-refractivity contribution is 0.173. The first-order chi connectivity index (χ1) is 8.29. The van der Waals surface area contributed by atoms with Crippen molar-refractivity contribution < 1.29 is 0 Å². The van der Waals surface area contributed by atoms with Gasteiger partial charge in [-0.15, -0.1) is 11.3 Å². The predicted octanol–water partition coefficient (Wildman–Crippen LogP) is 2.88. The van der Waals surface area contributed by atoms with Crippen LogP contribution in [0.15, 0.2) is 11.4 Å². The Morgan fingerprint density at radius 1 is 1.41 bits per heavy atom. The molecular weight excluding hydrogens is 228 g/mol. The molecule has 17 heavy (non-hydrogen) atoms. The van der Waals surface area contributed by atoms with Crippen molar-refractivity contribution in [3.05, 3.63) is 21.9 Å². The second kappa shape index (κ2) is 6.53. The second-order valence-corrected chi connectivity index (χ2v) is 6.14. The van der Waals surface area contributed by atoms with Gasteiger partial charge in [0.25, 0.3) is 0 Å². The predicted molar refractivity (Wildman–Crippen MR) is 75.6 cm³/mol. The van der Waals surface area contributed by atoms with E-state index in [1.165, 1.54) is 51.0 Å². The van der Waals surface area contributed by atoms with Crippen molar-refractivity contribution >= 4 is 11.3 Å². The summed E-state index contributed by atoms with van der Waals surface area (Å²) in [4.78, 5) is 4.17. The van der Waals surface area contributed by atoms with Gasteiger partial charge in [0.15, 0.2) is 0 Å². The third kappa shape index (κ3) is 3.80. The number of piperidine rings is 1. The van der Waals surface area contributed by atoms with Gasteiger partial charge < -0.3 is 5.32 Å². The van der Waals surface area contributed by atoms with Crippen LogP contribution in [-0.4, -0.2) is 31.6 Å². The van der Waals surface area contributed by atoms with Crippen LogP contribution in [0.25, 0.3) is 0 Å². The van der Waals surface area contributed by atoms with Gasteiger partial charge in [-0.1, -0.05) is 0 Å². The standard InChI is InChI=1S/C14H24N2S/c1-12-6-10-17-14(12)11-16-8-4-13(5-9-16)3-7-15-2/h6,10,13,15H,3-5,7-9,11H2,1-2H3. The van der Waals surface area contributed by atoms with E-state index in [4.69, 9.17) is 0 Å². The summed E-state index contributed by atoms with van der Waals surface area (Å²) in [5.74, 6) is 0.947. The largest absolute Gasteiger partial charge is 0.320 e. The van der Waals surface area contributed by atoms with E-state index in [9.17, 15) is 0 Å². The summed E-state index contributed by atoms with van der Waals surface area (Å²) in [6.45, 7) is 7.14. The summed E-state index contributed by atoms with van der Waals surface area (Å²) < 4.78 is 0. The topological polar surface area (TPSA) is 15.3 Å². The summed E-state index contributed by atoms with van der Waals surface area (Å²) in [7, 11) is 2.05. The van der Waals surface area contributed by atoms with Crippen molar-refractivity contribution in [3.63, 3.8) is 0 Å². The molecule has 0 aliphatic carbocycles. The number of hydrogen-bond acceptors (Lipinski definition) is 3. The number of rotatable bonds is 5. The van der Waals surface area contributed by atoms with E-state index < -0.39 is 0 Å². The van der Waals surface area contributed by atoms with Gasteiger partial charge in [0.2, 0.25) is 0 Å². The zero-order valence-corrected chi connectivity index (χ0v) is 11.9. The number of nitrogens with zero attached hydrogens (tertiary/aromatic N) is 1. The van der Waals surface area contributed by atoms with Crippen molar-refractivity contribution in [1.29, 1.82) is 0 Å². The molecule has 96 valence electrons. The minimum atomic E-state index is 0.947. The monoisotopic (exact) mass is 252 g/mol. The fraction of sp³-hybridized carbons (Fsp3) is 0.714. The fourth-order valence-corrected chi connectivity index (χ4v) is 3.50. The Kier molecular flexibility index (Phi) is 5.01. The van der Waals surface area contributed by atoms with E-state index in [0.29, 0.717) is 0 Å². The summed E-state index contributed by atoms with van der Waals surface area (Å²) in [6.07, 6.45) is 4.11. The first-order valence-electron chi connectivity index (χ1n) is 6.69. The molecule has 1 fully saturated rings. The Labute approximate surface area is 109 Å². The molecule has 0 saturated carbocycles. The zero-order chi connectivity index (χ0) is 12.1. The van der Waals surface area contributed by atoms with Gasteiger partial charge in [0.1, 0.15) is 0 Å². The van der Waals surface area contributed by atoms with Crippen LogP contribution in [0.1, 0.15) is 29.7 Å². The van der Waals surface area contributed by atoms with Crippen LogP contribution in [0.5, 0.6) is 0 Å². The van der Waals surface area contributed by atoms with Gasteiger partial charge in [0.05, 0.1) is 0 Å². The van der Waals surface area contributed by atoms with Crippen LogP contribution in [0.2, 0.25) is 0 Å². The van der Waals surface area contributed by atoms with Crippen molar-refractivity contribution in [2.24, 2.45) is 5.92 Å². The van der Waals surface area contributed by atoms with Gasteiger partial charge in [0, 0.05) is 11.4 Å². The molecule has 0 radical (unpaired) electrons. The SMILES string of the molecule is CNCCC1CCN(Cc2sccc2C)CC1. The van der Waals surface area contributed by atoms with Crippen LogP contribution in [0.4, 0.5) is 0 Å². The molecule has 0 unspecified atom stereocenters. The van der Waals surface area contributed by atoms with E-state index in [-0.39, 0.29) is 0 Å². The maximum atomic E-state index is 3.26. The van der Waals surface area contributed by atoms with Crippen LogP contribution < -0.4 is 5.32 Å². The Morgan fingerprint density at radius 3 is 2.76 bits per heavy atom. The lowest BCUT2D eigenvalue weighted by Gasteiger charge is -2.31. The molecular formula is C14H24N2S. The van der Waals surface area contributed by atoms with Crippen LogP contribution in [0, 0.1) is 12.8 Å². The van der Waals surface area contributed by atoms with Crippen LogP contribution >= 0.6 is 11.3 Å². The van der Waals surface area contributed by atoms with E-state index in [0.717, 1.165) is 5.92 Å². The molecule has 1 saturated heterocycles. The average molecular weight is 252 g/mol. The molecule has 1 aromatic heterocycles. The smallest absolute Gasteiger partial charge is 0.0330 e. The maximum Gasteiger partial charge on any atom is 0.0330 e. The van der Waals surface area contributed by atoms with Gasteiger partial charge in [-0.25, -0.2) is 0 Å². The summed E-state index contributed by atoms with van der Waals surface area (Å²) >= 11 is 1.91. The summed E-state index contributed by atoms with van der Waals surface area (Å²) in [5.41, 5.74) is 1.47. The van der Waals surface area contributed by atoms with Crippen LogP contribution in [0.3, 0.4) is 0 Å². The Bertz CT molecular complexity index is 327. The van der Waals surface area contributed by atoms with Gasteiger partial charge in [-0.05, 0) is 75.8 Å². The summed E-state index contributed by atoms with van der Waals surface area (Å²) in [6, 6.07) is 2.24. The number of thiophene rings is 1. The van der Waals surface area contributed by atoms with Crippen LogP contribution in [-0.2, 0) is 6.54 Å². The second-order valence-electron chi connectivity index (χ2n) is 5.14. The molecule has 0 atom stereocenters. The van der Waals surface area contributed by atoms with Gasteiger partial charge in [-0.2, -0.15) is 0 Å². The molecule has 1 aromatic rings. The Morgan fingerprint density at radius 2 is 2.18 bits per heavy atom. The average Bonchev–Trinajstić information content (AvgIpc) is 2.74. The first-order valence-corrected chi connectivity index (χ1v) is 7.57. The van der Waals surface area contributed by atoms with E-state index in [2.05, 4.69) is 35.6 Å². The maximum absolute atomic E-state index is 3.26. The highest BCUT2D eigenvalue weighted by Crippen LogP contribution is 2.24. The Hall–Kier alpha value is -0.380. The quantitative estimate of drug-likeness (QED) is 0.867. The molecule has 1 aliphatic heterocycles. The molecule has 1 N–H and O–H groups in total. The lowest BCUT2D eigenvalue weighted by atomic mass is 9.93. The first kappa shape index (κ1) is 13.1. The third-order valence-electron chi connectivity index (χ3n) is 3.85. The van der Waals surface area contributed by atoms with E-state index >= 15 is 0 Å². The number of likely N-dealkylation sites (tertiary alicyclic amines) is 1. The molecule has 2 rings (SSSR count). The highest BCUT2D eigenvalue weighted by molar-refractivity contribution is 7.10. The van der Waals surface area contributed by atoms with Crippen molar-refractivity contribution in [2.75, 3.05) is 26.7 Å². The molecule has 1 aliphatic rings. The normalized spacial score (nSPS) is 18.7. The highest BCUT2D eigenvalue weighted by Gasteiger charge is 2.19. The number of nitrogens with one attached hydrogen (secondary N) is 1. The molecule has 0 bridgehead atoms. The number of aryl methyl sites for hydroxylation is 1. The van der Waals surface area contributed by atoms with E-state index in [1.807, 2.05) is 11.3 Å². The fourth-order valence-electron chi connectivity index (χ4n) is 2.55. The van der Waals surface area contributed by atoms with E-state index in [1.54, 1.807) is 4.88 Å². The minimum absolute atomic E-state index is 0.947. The molecule has 3 heteroatoms. The number of hydrogen-bond donors (Lipinski definition) is 1. The molecule has 0 spiro atoms. The van der Waals surface area contributed by atoms with Crippen molar-refractivity contribution in [2.45, 2.75) is 32.7 Å². The minimum Gasteiger partial charge on any atom is -0.320 e. The molecule has 2 nitrogen and oxygen atoms in total. The Balaban J connectivity index is 1.74. The van der Waals surface area contributed by atoms with Gasteiger partial charge in [-0.3, -0.25) is 4.90 Å². The molecule has 2 heterocycles. The lowest BCUT2D eigenvalue weighted by Crippen LogP contribution is -2.33. The highest BCUT2D eigenvalue weighted by atomic mass is 32.1. The third-order valence-corrected chi connectivity index (χ3v) is 4.85. The van der Waals surface area contributed by atoms with Crippen molar-refractivity contribution in [1.82, 2.24) is 10.2 Å². The molecule has 0 amide bonds.